The fourth-order valence-electron chi connectivity index (χ4n) is 1.96. The quantitative estimate of drug-likeness (QED) is 0.733. The summed E-state index contributed by atoms with van der Waals surface area (Å²) in [5, 5.41) is 5.85. The number of hydrogen-bond acceptors (Lipinski definition) is 5. The van der Waals surface area contributed by atoms with Crippen LogP contribution in [-0.2, 0) is 13.0 Å². The van der Waals surface area contributed by atoms with Gasteiger partial charge in [-0.1, -0.05) is 18.5 Å². The van der Waals surface area contributed by atoms with E-state index in [2.05, 4.69) is 17.1 Å². The molecule has 0 aromatic carbocycles. The number of nitrogens with zero attached hydrogens (tertiary/aromatic N) is 3. The van der Waals surface area contributed by atoms with Crippen molar-refractivity contribution in [3.05, 3.63) is 45.6 Å². The highest BCUT2D eigenvalue weighted by molar-refractivity contribution is 7.17. The normalized spacial score (nSPS) is 11.2. The number of rotatable bonds is 4. The Morgan fingerprint density at radius 2 is 2.37 bits per heavy atom. The molecule has 0 saturated heterocycles. The lowest BCUT2D eigenvalue weighted by atomic mass is 10.2. The molecule has 0 unspecified atom stereocenters. The van der Waals surface area contributed by atoms with E-state index in [1.54, 1.807) is 10.9 Å². The van der Waals surface area contributed by atoms with Gasteiger partial charge in [0.2, 0.25) is 0 Å². The average Bonchev–Trinajstić information content (AvgIpc) is 3.03. The minimum atomic E-state index is -0.0339. The van der Waals surface area contributed by atoms with Crippen molar-refractivity contribution in [1.82, 2.24) is 14.7 Å². The van der Waals surface area contributed by atoms with Crippen LogP contribution in [-0.4, -0.2) is 14.7 Å². The number of aryl methyl sites for hydroxylation is 1. The second-order valence-electron chi connectivity index (χ2n) is 4.35. The fraction of sp³-hybridized carbons (Fsp3) is 0.308. The third-order valence-corrected chi connectivity index (χ3v) is 3.77. The summed E-state index contributed by atoms with van der Waals surface area (Å²) in [7, 11) is 0. The molecule has 0 atom stereocenters. The molecule has 0 radical (unpaired) electrons. The maximum absolute atomic E-state index is 12.2. The molecule has 3 rings (SSSR count). The molecule has 0 aliphatic heterocycles. The van der Waals surface area contributed by atoms with E-state index in [4.69, 9.17) is 4.52 Å². The van der Waals surface area contributed by atoms with Gasteiger partial charge >= 0.3 is 0 Å². The highest BCUT2D eigenvalue weighted by atomic mass is 32.1. The largest absolute Gasteiger partial charge is 0.359 e. The zero-order valence-electron chi connectivity index (χ0n) is 10.5. The lowest BCUT2D eigenvalue weighted by molar-refractivity contribution is 0.369. The van der Waals surface area contributed by atoms with Gasteiger partial charge in [0.25, 0.3) is 5.56 Å². The Labute approximate surface area is 113 Å². The Morgan fingerprint density at radius 3 is 3.21 bits per heavy atom. The third-order valence-electron chi connectivity index (χ3n) is 2.88. The zero-order valence-corrected chi connectivity index (χ0v) is 11.3. The summed E-state index contributed by atoms with van der Waals surface area (Å²) < 4.78 is 7.46. The van der Waals surface area contributed by atoms with Crippen LogP contribution >= 0.6 is 11.3 Å². The number of fused-ring (bicyclic) bond motifs is 1. The minimum absolute atomic E-state index is 0.0339. The smallest absolute Gasteiger partial charge is 0.271 e. The standard InChI is InChI=1S/C13H13N3O2S/c1-2-3-9-6-10(18-15-9)7-16-8-14-11-4-5-19-12(11)13(16)17/h4-6,8H,2-3,7H2,1H3. The van der Waals surface area contributed by atoms with Crippen LogP contribution < -0.4 is 5.56 Å². The molecule has 0 amide bonds. The van der Waals surface area contributed by atoms with Gasteiger partial charge in [-0.05, 0) is 17.9 Å². The summed E-state index contributed by atoms with van der Waals surface area (Å²) in [5.41, 5.74) is 1.64. The van der Waals surface area contributed by atoms with E-state index >= 15 is 0 Å². The van der Waals surface area contributed by atoms with Crippen molar-refractivity contribution in [3.8, 4) is 0 Å². The van der Waals surface area contributed by atoms with Crippen LogP contribution in [0, 0.1) is 0 Å². The Hall–Kier alpha value is -1.95. The molecule has 0 saturated carbocycles. The van der Waals surface area contributed by atoms with Gasteiger partial charge in [0.05, 0.1) is 24.1 Å². The SMILES string of the molecule is CCCc1cc(Cn2cnc3ccsc3c2=O)on1. The number of aromatic nitrogens is 3. The molecular formula is C13H13N3O2S. The molecule has 98 valence electrons. The van der Waals surface area contributed by atoms with Crippen LogP contribution in [0.15, 0.2) is 33.2 Å². The number of hydrogen-bond donors (Lipinski definition) is 0. The van der Waals surface area contributed by atoms with Crippen molar-refractivity contribution >= 4 is 21.6 Å². The molecule has 3 aromatic rings. The second-order valence-corrected chi connectivity index (χ2v) is 5.26. The predicted molar refractivity (Wildman–Crippen MR) is 73.5 cm³/mol. The van der Waals surface area contributed by atoms with Crippen molar-refractivity contribution in [2.45, 2.75) is 26.3 Å². The maximum atomic E-state index is 12.2. The molecule has 0 bridgehead atoms. The monoisotopic (exact) mass is 275 g/mol. The lowest BCUT2D eigenvalue weighted by Crippen LogP contribution is -2.19. The van der Waals surface area contributed by atoms with Crippen LogP contribution in [0.3, 0.4) is 0 Å². The van der Waals surface area contributed by atoms with Gasteiger partial charge in [-0.3, -0.25) is 9.36 Å². The van der Waals surface area contributed by atoms with E-state index in [1.807, 2.05) is 17.5 Å². The second kappa shape index (κ2) is 4.97. The Morgan fingerprint density at radius 1 is 1.47 bits per heavy atom. The van der Waals surface area contributed by atoms with Crippen molar-refractivity contribution in [3.63, 3.8) is 0 Å². The molecule has 5 nitrogen and oxygen atoms in total. The first kappa shape index (κ1) is 12.1. The predicted octanol–water partition coefficient (Wildman–Crippen LogP) is 2.45. The van der Waals surface area contributed by atoms with Crippen LogP contribution in [0.1, 0.15) is 24.8 Å². The van der Waals surface area contributed by atoms with Crippen LogP contribution in [0.4, 0.5) is 0 Å². The summed E-state index contributed by atoms with van der Waals surface area (Å²) in [6, 6.07) is 3.74. The Bertz CT molecular complexity index is 756. The van der Waals surface area contributed by atoms with Gasteiger partial charge in [-0.25, -0.2) is 4.98 Å². The number of thiophene rings is 1. The molecular weight excluding hydrogens is 262 g/mol. The van der Waals surface area contributed by atoms with Crippen LogP contribution in [0.2, 0.25) is 0 Å². The van der Waals surface area contributed by atoms with Crippen molar-refractivity contribution in [1.29, 1.82) is 0 Å². The molecule has 0 N–H and O–H groups in total. The first-order valence-electron chi connectivity index (χ1n) is 6.15. The average molecular weight is 275 g/mol. The molecule has 19 heavy (non-hydrogen) atoms. The summed E-state index contributed by atoms with van der Waals surface area (Å²) in [6.07, 6.45) is 3.47. The Balaban J connectivity index is 1.91. The molecule has 0 spiro atoms. The zero-order chi connectivity index (χ0) is 13.2. The molecule has 6 heteroatoms. The lowest BCUT2D eigenvalue weighted by Gasteiger charge is -2.01. The molecule has 0 aliphatic carbocycles. The van der Waals surface area contributed by atoms with Gasteiger partial charge in [0, 0.05) is 6.07 Å². The first-order chi connectivity index (χ1) is 9.28. The van der Waals surface area contributed by atoms with E-state index in [9.17, 15) is 4.79 Å². The topological polar surface area (TPSA) is 60.9 Å². The van der Waals surface area contributed by atoms with Gasteiger partial charge in [0.1, 0.15) is 4.70 Å². The molecule has 0 aliphatic rings. The Kier molecular flexibility index (Phi) is 3.16. The van der Waals surface area contributed by atoms with Crippen LogP contribution in [0.5, 0.6) is 0 Å². The maximum Gasteiger partial charge on any atom is 0.271 e. The fourth-order valence-corrected chi connectivity index (χ4v) is 2.76. The first-order valence-corrected chi connectivity index (χ1v) is 7.03. The van der Waals surface area contributed by atoms with Gasteiger partial charge in [-0.15, -0.1) is 11.3 Å². The third kappa shape index (κ3) is 2.31. The molecule has 3 heterocycles. The minimum Gasteiger partial charge on any atom is -0.359 e. The summed E-state index contributed by atoms with van der Waals surface area (Å²) in [6.45, 7) is 2.46. The summed E-state index contributed by atoms with van der Waals surface area (Å²) in [4.78, 5) is 16.5. The van der Waals surface area contributed by atoms with Crippen molar-refractivity contribution < 1.29 is 4.52 Å². The van der Waals surface area contributed by atoms with Crippen molar-refractivity contribution in [2.75, 3.05) is 0 Å². The summed E-state index contributed by atoms with van der Waals surface area (Å²) in [5.74, 6) is 0.684. The molecule has 0 fully saturated rings. The van der Waals surface area contributed by atoms with Gasteiger partial charge in [0.15, 0.2) is 5.76 Å². The summed E-state index contributed by atoms with van der Waals surface area (Å²) >= 11 is 1.41. The van der Waals surface area contributed by atoms with Gasteiger partial charge < -0.3 is 4.52 Å². The molecule has 3 aromatic heterocycles. The van der Waals surface area contributed by atoms with Crippen LogP contribution in [0.25, 0.3) is 10.2 Å². The van der Waals surface area contributed by atoms with E-state index in [0.29, 0.717) is 17.0 Å². The van der Waals surface area contributed by atoms with E-state index < -0.39 is 0 Å². The van der Waals surface area contributed by atoms with Crippen molar-refractivity contribution in [2.24, 2.45) is 0 Å². The van der Waals surface area contributed by atoms with E-state index in [-0.39, 0.29) is 5.56 Å². The van der Waals surface area contributed by atoms with E-state index in [1.165, 1.54) is 11.3 Å². The highest BCUT2D eigenvalue weighted by Gasteiger charge is 2.09. The van der Waals surface area contributed by atoms with Gasteiger partial charge in [-0.2, -0.15) is 0 Å². The highest BCUT2D eigenvalue weighted by Crippen LogP contribution is 2.14. The van der Waals surface area contributed by atoms with E-state index in [0.717, 1.165) is 24.1 Å².